The number of guanidine groups is 1. The van der Waals surface area contributed by atoms with Gasteiger partial charge in [0.25, 0.3) is 0 Å². The Kier molecular flexibility index (Phi) is 3.43. The third-order valence-electron chi connectivity index (χ3n) is 6.98. The molecule has 3 aromatic carbocycles. The molecule has 1 unspecified atom stereocenters. The number of nitrogen functional groups attached to an aromatic ring is 1. The molecule has 6 rings (SSSR count). The number of rotatable bonds is 1. The second-order valence-corrected chi connectivity index (χ2v) is 8.78. The van der Waals surface area contributed by atoms with Crippen molar-refractivity contribution in [2.75, 3.05) is 12.8 Å². The van der Waals surface area contributed by atoms with Crippen molar-refractivity contribution in [2.45, 2.75) is 25.0 Å². The van der Waals surface area contributed by atoms with Crippen molar-refractivity contribution in [1.29, 1.82) is 0 Å². The molecule has 1 aliphatic heterocycles. The molecule has 0 fully saturated rings. The second kappa shape index (κ2) is 5.86. The highest BCUT2D eigenvalue weighted by atomic mass is 16.7. The molecule has 0 radical (unpaired) electrons. The minimum absolute atomic E-state index is 0.178. The topological polar surface area (TPSA) is 76.9 Å². The van der Waals surface area contributed by atoms with Gasteiger partial charge in [-0.2, -0.15) is 0 Å². The fourth-order valence-electron chi connectivity index (χ4n) is 5.59. The maximum Gasteiger partial charge on any atom is 0.221 e. The zero-order valence-corrected chi connectivity index (χ0v) is 16.9. The molecule has 3 aromatic rings. The van der Waals surface area contributed by atoms with Crippen LogP contribution >= 0.6 is 0 Å². The highest BCUT2D eigenvalue weighted by Crippen LogP contribution is 2.61. The maximum atomic E-state index is 6.51. The quantitative estimate of drug-likeness (QED) is 0.616. The van der Waals surface area contributed by atoms with Crippen LogP contribution in [0.5, 0.6) is 0 Å². The van der Waals surface area contributed by atoms with Gasteiger partial charge in [0.2, 0.25) is 11.7 Å². The van der Waals surface area contributed by atoms with Crippen molar-refractivity contribution in [3.63, 3.8) is 0 Å². The van der Waals surface area contributed by atoms with Crippen LogP contribution < -0.4 is 11.5 Å². The Morgan fingerprint density at radius 2 is 1.53 bits per heavy atom. The van der Waals surface area contributed by atoms with Gasteiger partial charge in [-0.25, -0.2) is 14.9 Å². The Labute approximate surface area is 175 Å². The molecule has 0 bridgehead atoms. The van der Waals surface area contributed by atoms with Gasteiger partial charge in [-0.1, -0.05) is 48.5 Å². The monoisotopic (exact) mass is 396 g/mol. The molecule has 2 spiro atoms. The highest BCUT2D eigenvalue weighted by Gasteiger charge is 2.64. The minimum atomic E-state index is -0.809. The zero-order chi connectivity index (χ0) is 20.5. The van der Waals surface area contributed by atoms with E-state index in [4.69, 9.17) is 21.3 Å². The summed E-state index contributed by atoms with van der Waals surface area (Å²) >= 11 is 0. The normalized spacial score (nSPS) is 23.1. The number of hydrogen-bond acceptors (Lipinski definition) is 5. The summed E-state index contributed by atoms with van der Waals surface area (Å²) in [5, 5.41) is 1.62. The molecule has 1 heterocycles. The number of hydroxylamine groups is 2. The van der Waals surface area contributed by atoms with Crippen LogP contribution in [0.4, 0.5) is 5.69 Å². The summed E-state index contributed by atoms with van der Waals surface area (Å²) in [6.45, 7) is 0. The van der Waals surface area contributed by atoms with Gasteiger partial charge in [0.05, 0.1) is 0 Å². The number of fused-ring (bicyclic) bond motifs is 4. The molecule has 1 atom stereocenters. The number of anilines is 1. The van der Waals surface area contributed by atoms with Gasteiger partial charge >= 0.3 is 0 Å². The molecular weight excluding hydrogens is 372 g/mol. The third kappa shape index (κ3) is 2.24. The van der Waals surface area contributed by atoms with E-state index in [1.54, 1.807) is 5.06 Å². The van der Waals surface area contributed by atoms with Gasteiger partial charge in [0.1, 0.15) is 0 Å². The van der Waals surface area contributed by atoms with Crippen LogP contribution in [-0.4, -0.2) is 18.1 Å². The van der Waals surface area contributed by atoms with E-state index in [1.165, 1.54) is 16.7 Å². The largest absolute Gasteiger partial charge is 0.399 e. The molecule has 0 saturated carbocycles. The standard InChI is InChI=1S/C25H24N4O/c1-29-23(27)28-25(30-29)22-12-17(16-7-4-8-21(26)11-16)9-10-20(22)15-24(25)13-18-5-2-3-6-19(18)14-24/h2-12H,13-15,26H2,1H3,(H2,27,28). The van der Waals surface area contributed by atoms with Gasteiger partial charge in [0.15, 0.2) is 0 Å². The van der Waals surface area contributed by atoms with Gasteiger partial charge in [-0.3, -0.25) is 0 Å². The van der Waals surface area contributed by atoms with Crippen molar-refractivity contribution in [1.82, 2.24) is 5.06 Å². The van der Waals surface area contributed by atoms with Crippen LogP contribution in [0.25, 0.3) is 11.1 Å². The van der Waals surface area contributed by atoms with Gasteiger partial charge < -0.3 is 11.5 Å². The molecule has 0 saturated heterocycles. The van der Waals surface area contributed by atoms with E-state index in [-0.39, 0.29) is 5.41 Å². The number of aliphatic imine (C=N–C) groups is 1. The minimum Gasteiger partial charge on any atom is -0.399 e. The molecule has 5 heteroatoms. The number of nitrogens with two attached hydrogens (primary N) is 2. The van der Waals surface area contributed by atoms with Crippen molar-refractivity contribution in [2.24, 2.45) is 16.1 Å². The lowest BCUT2D eigenvalue weighted by Gasteiger charge is -2.38. The summed E-state index contributed by atoms with van der Waals surface area (Å²) < 4.78 is 0. The molecule has 2 aliphatic carbocycles. The van der Waals surface area contributed by atoms with Crippen molar-refractivity contribution >= 4 is 11.6 Å². The molecule has 3 aliphatic rings. The van der Waals surface area contributed by atoms with E-state index in [0.29, 0.717) is 5.96 Å². The number of hydrogen-bond donors (Lipinski definition) is 2. The smallest absolute Gasteiger partial charge is 0.221 e. The predicted octanol–water partition coefficient (Wildman–Crippen LogP) is 3.62. The Hall–Kier alpha value is -3.31. The molecule has 150 valence electrons. The van der Waals surface area contributed by atoms with E-state index in [1.807, 2.05) is 25.2 Å². The SMILES string of the molecule is CN1OC2(N=C1N)c1cc(-c3cccc(N)c3)ccc1CC21Cc2ccccc2C1. The molecular formula is C25H24N4O. The summed E-state index contributed by atoms with van der Waals surface area (Å²) in [4.78, 5) is 11.5. The first-order valence-electron chi connectivity index (χ1n) is 10.3. The summed E-state index contributed by atoms with van der Waals surface area (Å²) in [6.07, 6.45) is 2.77. The first-order valence-corrected chi connectivity index (χ1v) is 10.3. The Morgan fingerprint density at radius 3 is 2.20 bits per heavy atom. The Morgan fingerprint density at radius 1 is 0.833 bits per heavy atom. The second-order valence-electron chi connectivity index (χ2n) is 8.78. The van der Waals surface area contributed by atoms with Crippen molar-refractivity contribution in [3.05, 3.63) is 89.0 Å². The van der Waals surface area contributed by atoms with Gasteiger partial charge in [-0.05, 0) is 65.3 Å². The summed E-state index contributed by atoms with van der Waals surface area (Å²) in [6, 6.07) is 23.3. The van der Waals surface area contributed by atoms with E-state index in [2.05, 4.69) is 48.5 Å². The number of nitrogens with zero attached hydrogens (tertiary/aromatic N) is 2. The lowest BCUT2D eigenvalue weighted by Crippen LogP contribution is -2.44. The molecule has 0 amide bonds. The van der Waals surface area contributed by atoms with Crippen molar-refractivity contribution < 1.29 is 4.84 Å². The van der Waals surface area contributed by atoms with E-state index in [9.17, 15) is 0 Å². The van der Waals surface area contributed by atoms with E-state index in [0.717, 1.165) is 41.6 Å². The average Bonchev–Trinajstić information content (AvgIpc) is 3.34. The first-order chi connectivity index (χ1) is 14.5. The summed E-state index contributed by atoms with van der Waals surface area (Å²) in [5.74, 6) is 0.424. The van der Waals surface area contributed by atoms with Crippen molar-refractivity contribution in [3.8, 4) is 11.1 Å². The third-order valence-corrected chi connectivity index (χ3v) is 6.98. The summed E-state index contributed by atoms with van der Waals surface area (Å²) in [5.41, 5.74) is 19.4. The fraction of sp³-hybridized carbons (Fsp3) is 0.240. The average molecular weight is 396 g/mol. The van der Waals surface area contributed by atoms with Crippen LogP contribution in [0, 0.1) is 5.41 Å². The Balaban J connectivity index is 1.53. The van der Waals surface area contributed by atoms with Gasteiger partial charge in [-0.15, -0.1) is 0 Å². The van der Waals surface area contributed by atoms with E-state index >= 15 is 0 Å². The van der Waals surface area contributed by atoms with Gasteiger partial charge in [0, 0.05) is 23.7 Å². The van der Waals surface area contributed by atoms with Crippen LogP contribution in [0.3, 0.4) is 0 Å². The molecule has 0 aromatic heterocycles. The van der Waals surface area contributed by atoms with Crippen LogP contribution in [0.15, 0.2) is 71.7 Å². The number of benzene rings is 3. The Bertz CT molecular complexity index is 1190. The molecule has 5 nitrogen and oxygen atoms in total. The molecule has 30 heavy (non-hydrogen) atoms. The molecule has 4 N–H and O–H groups in total. The van der Waals surface area contributed by atoms with Crippen LogP contribution in [0.2, 0.25) is 0 Å². The lowest BCUT2D eigenvalue weighted by molar-refractivity contribution is -0.219. The fourth-order valence-corrected chi connectivity index (χ4v) is 5.59. The van der Waals surface area contributed by atoms with Crippen LogP contribution in [-0.2, 0) is 29.8 Å². The predicted molar refractivity (Wildman–Crippen MR) is 118 cm³/mol. The van der Waals surface area contributed by atoms with Crippen LogP contribution in [0.1, 0.15) is 22.3 Å². The summed E-state index contributed by atoms with van der Waals surface area (Å²) in [7, 11) is 1.84. The first kappa shape index (κ1) is 17.5. The highest BCUT2D eigenvalue weighted by molar-refractivity contribution is 5.79. The zero-order valence-electron chi connectivity index (χ0n) is 16.9. The lowest BCUT2D eigenvalue weighted by atomic mass is 9.75. The van der Waals surface area contributed by atoms with E-state index < -0.39 is 5.72 Å². The maximum absolute atomic E-state index is 6.51.